The number of aliphatic hydroxyl groups is 1. The maximum absolute atomic E-state index is 10.4. The number of hydrogen-bond acceptors (Lipinski definition) is 3. The Morgan fingerprint density at radius 3 is 2.31 bits per heavy atom. The highest BCUT2D eigenvalue weighted by atomic mass is 32.2. The lowest BCUT2D eigenvalue weighted by atomic mass is 9.85. The fraction of sp³-hybridized carbons (Fsp3) is 0.800. The minimum atomic E-state index is -0.499. The fourth-order valence-electron chi connectivity index (χ4n) is 1.84. The standard InChI is InChI=1S/C10H18OS2/c1-12-8-9(13-2)10(11)6-4-3-5-7-10/h8,11H,3-7H2,1-2H3/b9-8-. The maximum atomic E-state index is 10.4. The third-order valence-electron chi connectivity index (χ3n) is 2.58. The van der Waals surface area contributed by atoms with E-state index in [2.05, 4.69) is 11.7 Å². The molecule has 1 fully saturated rings. The second-order valence-corrected chi connectivity index (χ2v) is 5.07. The highest BCUT2D eigenvalue weighted by Crippen LogP contribution is 2.39. The average molecular weight is 218 g/mol. The molecule has 13 heavy (non-hydrogen) atoms. The van der Waals surface area contributed by atoms with Crippen molar-refractivity contribution in [2.75, 3.05) is 12.5 Å². The van der Waals surface area contributed by atoms with Crippen LogP contribution >= 0.6 is 23.5 Å². The molecule has 0 aliphatic heterocycles. The second kappa shape index (κ2) is 5.32. The van der Waals surface area contributed by atoms with E-state index in [0.717, 1.165) is 17.7 Å². The lowest BCUT2D eigenvalue weighted by Gasteiger charge is -2.33. The van der Waals surface area contributed by atoms with E-state index in [0.29, 0.717) is 0 Å². The van der Waals surface area contributed by atoms with Crippen LogP contribution in [0.25, 0.3) is 0 Å². The Morgan fingerprint density at radius 2 is 1.85 bits per heavy atom. The Morgan fingerprint density at radius 1 is 1.23 bits per heavy atom. The summed E-state index contributed by atoms with van der Waals surface area (Å²) in [5, 5.41) is 12.5. The summed E-state index contributed by atoms with van der Waals surface area (Å²) >= 11 is 3.37. The molecule has 1 rings (SSSR count). The molecule has 0 unspecified atom stereocenters. The van der Waals surface area contributed by atoms with Crippen molar-refractivity contribution < 1.29 is 5.11 Å². The van der Waals surface area contributed by atoms with E-state index in [9.17, 15) is 5.11 Å². The summed E-state index contributed by atoms with van der Waals surface area (Å²) in [6.07, 6.45) is 9.60. The van der Waals surface area contributed by atoms with Gasteiger partial charge in [0.25, 0.3) is 0 Å². The Labute approximate surface area is 89.4 Å². The molecule has 76 valence electrons. The van der Waals surface area contributed by atoms with E-state index in [1.807, 2.05) is 6.26 Å². The van der Waals surface area contributed by atoms with Gasteiger partial charge in [0.05, 0.1) is 5.60 Å². The van der Waals surface area contributed by atoms with Crippen LogP contribution in [0.2, 0.25) is 0 Å². The van der Waals surface area contributed by atoms with Crippen molar-refractivity contribution in [3.63, 3.8) is 0 Å². The molecule has 0 aromatic rings. The fourth-order valence-corrected chi connectivity index (χ4v) is 3.53. The first-order chi connectivity index (χ1) is 6.23. The monoisotopic (exact) mass is 218 g/mol. The normalized spacial score (nSPS) is 23.2. The Hall–Kier alpha value is 0.400. The molecule has 0 atom stereocenters. The van der Waals surface area contributed by atoms with Gasteiger partial charge in [0, 0.05) is 4.91 Å². The largest absolute Gasteiger partial charge is 0.385 e. The summed E-state index contributed by atoms with van der Waals surface area (Å²) in [4.78, 5) is 1.15. The molecule has 1 aliphatic carbocycles. The van der Waals surface area contributed by atoms with Gasteiger partial charge in [-0.3, -0.25) is 0 Å². The Balaban J connectivity index is 2.69. The molecule has 0 aromatic carbocycles. The molecule has 1 nitrogen and oxygen atoms in total. The van der Waals surface area contributed by atoms with Crippen LogP contribution in [0.5, 0.6) is 0 Å². The third kappa shape index (κ3) is 2.93. The number of rotatable bonds is 3. The van der Waals surface area contributed by atoms with E-state index in [1.54, 1.807) is 23.5 Å². The first kappa shape index (κ1) is 11.5. The SMILES string of the molecule is CS/C=C(\SC)C1(O)CCCCC1. The van der Waals surface area contributed by atoms with Crippen molar-refractivity contribution in [2.45, 2.75) is 37.7 Å². The molecule has 0 heterocycles. The number of hydrogen-bond donors (Lipinski definition) is 1. The zero-order valence-corrected chi connectivity index (χ0v) is 10.0. The van der Waals surface area contributed by atoms with Crippen LogP contribution in [0.4, 0.5) is 0 Å². The van der Waals surface area contributed by atoms with Gasteiger partial charge in [0.2, 0.25) is 0 Å². The molecule has 0 saturated heterocycles. The minimum absolute atomic E-state index is 0.499. The van der Waals surface area contributed by atoms with E-state index in [4.69, 9.17) is 0 Å². The summed E-state index contributed by atoms with van der Waals surface area (Å²) in [6, 6.07) is 0. The van der Waals surface area contributed by atoms with Gasteiger partial charge in [0.1, 0.15) is 0 Å². The Kier molecular flexibility index (Phi) is 4.70. The maximum Gasteiger partial charge on any atom is 0.0959 e. The molecule has 0 spiro atoms. The van der Waals surface area contributed by atoms with Crippen LogP contribution in [-0.4, -0.2) is 23.2 Å². The molecule has 0 radical (unpaired) electrons. The molecular formula is C10H18OS2. The van der Waals surface area contributed by atoms with Gasteiger partial charge in [0.15, 0.2) is 0 Å². The predicted molar refractivity (Wildman–Crippen MR) is 63.1 cm³/mol. The van der Waals surface area contributed by atoms with Crippen molar-refractivity contribution >= 4 is 23.5 Å². The lowest BCUT2D eigenvalue weighted by molar-refractivity contribution is 0.0479. The Bertz CT molecular complexity index is 183. The van der Waals surface area contributed by atoms with Crippen LogP contribution in [0.1, 0.15) is 32.1 Å². The predicted octanol–water partition coefficient (Wildman–Crippen LogP) is 3.25. The zero-order chi connectivity index (χ0) is 9.73. The van der Waals surface area contributed by atoms with E-state index >= 15 is 0 Å². The molecular weight excluding hydrogens is 200 g/mol. The van der Waals surface area contributed by atoms with Crippen LogP contribution in [0, 0.1) is 0 Å². The zero-order valence-electron chi connectivity index (χ0n) is 8.38. The van der Waals surface area contributed by atoms with E-state index < -0.39 is 5.60 Å². The molecule has 0 bridgehead atoms. The van der Waals surface area contributed by atoms with Crippen LogP contribution in [-0.2, 0) is 0 Å². The summed E-state index contributed by atoms with van der Waals surface area (Å²) in [6.45, 7) is 0. The lowest BCUT2D eigenvalue weighted by Crippen LogP contribution is -2.32. The van der Waals surface area contributed by atoms with Crippen molar-refractivity contribution in [3.8, 4) is 0 Å². The molecule has 1 aliphatic rings. The van der Waals surface area contributed by atoms with Gasteiger partial charge in [-0.1, -0.05) is 19.3 Å². The van der Waals surface area contributed by atoms with Crippen LogP contribution in [0.15, 0.2) is 10.3 Å². The third-order valence-corrected chi connectivity index (χ3v) is 4.14. The molecule has 0 amide bonds. The summed E-state index contributed by atoms with van der Waals surface area (Å²) in [5.74, 6) is 0. The van der Waals surface area contributed by atoms with Gasteiger partial charge in [-0.05, 0) is 30.8 Å². The van der Waals surface area contributed by atoms with Crippen molar-refractivity contribution in [2.24, 2.45) is 0 Å². The van der Waals surface area contributed by atoms with Gasteiger partial charge >= 0.3 is 0 Å². The first-order valence-corrected chi connectivity index (χ1v) is 7.24. The van der Waals surface area contributed by atoms with E-state index in [-0.39, 0.29) is 0 Å². The summed E-state index contributed by atoms with van der Waals surface area (Å²) < 4.78 is 0. The summed E-state index contributed by atoms with van der Waals surface area (Å²) in [5.41, 5.74) is -0.499. The topological polar surface area (TPSA) is 20.2 Å². The average Bonchev–Trinajstić information content (AvgIpc) is 2.15. The van der Waals surface area contributed by atoms with Gasteiger partial charge < -0.3 is 5.11 Å². The molecule has 1 saturated carbocycles. The second-order valence-electron chi connectivity index (χ2n) is 3.51. The number of thioether (sulfide) groups is 2. The highest BCUT2D eigenvalue weighted by molar-refractivity contribution is 8.05. The molecule has 0 aromatic heterocycles. The minimum Gasteiger partial charge on any atom is -0.385 e. The van der Waals surface area contributed by atoms with E-state index in [1.165, 1.54) is 19.3 Å². The van der Waals surface area contributed by atoms with Gasteiger partial charge in [-0.25, -0.2) is 0 Å². The van der Waals surface area contributed by atoms with Crippen LogP contribution in [0.3, 0.4) is 0 Å². The quantitative estimate of drug-likeness (QED) is 0.785. The first-order valence-electron chi connectivity index (χ1n) is 4.73. The smallest absolute Gasteiger partial charge is 0.0959 e. The van der Waals surface area contributed by atoms with Crippen molar-refractivity contribution in [1.29, 1.82) is 0 Å². The van der Waals surface area contributed by atoms with Crippen molar-refractivity contribution in [1.82, 2.24) is 0 Å². The summed E-state index contributed by atoms with van der Waals surface area (Å²) in [7, 11) is 0. The highest BCUT2D eigenvalue weighted by Gasteiger charge is 2.32. The van der Waals surface area contributed by atoms with Crippen molar-refractivity contribution in [3.05, 3.63) is 10.3 Å². The van der Waals surface area contributed by atoms with Crippen LogP contribution < -0.4 is 0 Å². The van der Waals surface area contributed by atoms with Gasteiger partial charge in [-0.2, -0.15) is 0 Å². The molecule has 3 heteroatoms. The molecule has 1 N–H and O–H groups in total. The van der Waals surface area contributed by atoms with Gasteiger partial charge in [-0.15, -0.1) is 23.5 Å².